The highest BCUT2D eigenvalue weighted by Crippen LogP contribution is 2.31. The zero-order chi connectivity index (χ0) is 13.7. The van der Waals surface area contributed by atoms with E-state index >= 15 is 0 Å². The van der Waals surface area contributed by atoms with Gasteiger partial charge in [-0.3, -0.25) is 5.10 Å². The number of aromatic nitrogens is 3. The van der Waals surface area contributed by atoms with Gasteiger partial charge >= 0.3 is 0 Å². The third-order valence-corrected chi connectivity index (χ3v) is 3.11. The maximum Gasteiger partial charge on any atom is 0.209 e. The van der Waals surface area contributed by atoms with Gasteiger partial charge in [0, 0.05) is 6.07 Å². The quantitative estimate of drug-likeness (QED) is 0.842. The van der Waals surface area contributed by atoms with Crippen LogP contribution >= 0.6 is 11.8 Å². The van der Waals surface area contributed by atoms with E-state index in [4.69, 9.17) is 14.7 Å². The van der Waals surface area contributed by atoms with Crippen molar-refractivity contribution in [2.45, 2.75) is 5.16 Å². The number of rotatable bonds is 5. The molecule has 0 aliphatic rings. The molecule has 7 heteroatoms. The number of nitriles is 1. The molecule has 0 radical (unpaired) electrons. The predicted octanol–water partition coefficient (Wildman–Crippen LogP) is 2.10. The Balaban J connectivity index is 2.30. The van der Waals surface area contributed by atoms with Gasteiger partial charge < -0.3 is 9.47 Å². The van der Waals surface area contributed by atoms with Crippen LogP contribution in [0.4, 0.5) is 0 Å². The van der Waals surface area contributed by atoms with Crippen LogP contribution in [0, 0.1) is 11.3 Å². The summed E-state index contributed by atoms with van der Waals surface area (Å²) >= 11 is 1.28. The van der Waals surface area contributed by atoms with E-state index in [-0.39, 0.29) is 0 Å². The van der Waals surface area contributed by atoms with Gasteiger partial charge in [0.15, 0.2) is 5.82 Å². The Hall–Kier alpha value is -2.20. The van der Waals surface area contributed by atoms with Gasteiger partial charge in [-0.2, -0.15) is 5.26 Å². The zero-order valence-electron chi connectivity index (χ0n) is 10.5. The van der Waals surface area contributed by atoms with Crippen molar-refractivity contribution in [2.75, 3.05) is 20.0 Å². The van der Waals surface area contributed by atoms with Crippen LogP contribution in [-0.2, 0) is 0 Å². The van der Waals surface area contributed by atoms with Crippen molar-refractivity contribution in [3.8, 4) is 29.0 Å². The first-order chi connectivity index (χ1) is 9.28. The Labute approximate surface area is 114 Å². The minimum atomic E-state index is 0.317. The first kappa shape index (κ1) is 13.2. The van der Waals surface area contributed by atoms with E-state index in [1.165, 1.54) is 11.8 Å². The molecule has 0 saturated carbocycles. The molecule has 0 fully saturated rings. The van der Waals surface area contributed by atoms with Crippen molar-refractivity contribution in [3.05, 3.63) is 18.2 Å². The van der Waals surface area contributed by atoms with E-state index in [0.717, 1.165) is 5.56 Å². The molecule has 1 aromatic heterocycles. The number of nitrogens with one attached hydrogen (secondary N) is 1. The molecule has 0 atom stereocenters. The van der Waals surface area contributed by atoms with Crippen molar-refractivity contribution in [1.82, 2.24) is 15.2 Å². The second kappa shape index (κ2) is 6.11. The molecule has 0 saturated heterocycles. The zero-order valence-corrected chi connectivity index (χ0v) is 11.3. The molecular formula is C12H12N4O2S. The molecule has 2 aromatic rings. The molecule has 0 amide bonds. The van der Waals surface area contributed by atoms with E-state index in [2.05, 4.69) is 15.2 Å². The summed E-state index contributed by atoms with van der Waals surface area (Å²) < 4.78 is 10.4. The Morgan fingerprint density at radius 3 is 2.89 bits per heavy atom. The molecular weight excluding hydrogens is 264 g/mol. The molecule has 0 unspecified atom stereocenters. The first-order valence-corrected chi connectivity index (χ1v) is 6.41. The number of methoxy groups -OCH3 is 2. The minimum absolute atomic E-state index is 0.317. The number of nitrogens with zero attached hydrogens (tertiary/aromatic N) is 3. The summed E-state index contributed by atoms with van der Waals surface area (Å²) in [5.74, 6) is 2.27. The number of thioether (sulfide) groups is 1. The molecule has 19 heavy (non-hydrogen) atoms. The van der Waals surface area contributed by atoms with E-state index in [1.807, 2.05) is 18.2 Å². The molecule has 2 rings (SSSR count). The lowest BCUT2D eigenvalue weighted by Crippen LogP contribution is -1.91. The van der Waals surface area contributed by atoms with Crippen LogP contribution in [0.1, 0.15) is 0 Å². The maximum absolute atomic E-state index is 8.52. The highest BCUT2D eigenvalue weighted by molar-refractivity contribution is 7.99. The highest BCUT2D eigenvalue weighted by Gasteiger charge is 2.12. The van der Waals surface area contributed by atoms with Gasteiger partial charge in [0.2, 0.25) is 5.16 Å². The van der Waals surface area contributed by atoms with Gasteiger partial charge in [0.05, 0.1) is 31.6 Å². The van der Waals surface area contributed by atoms with Gasteiger partial charge in [-0.25, -0.2) is 4.98 Å². The van der Waals surface area contributed by atoms with Gasteiger partial charge in [-0.15, -0.1) is 5.10 Å². The molecule has 1 N–H and O–H groups in total. The summed E-state index contributed by atoms with van der Waals surface area (Å²) in [5.41, 5.74) is 0.791. The lowest BCUT2D eigenvalue weighted by molar-refractivity contribution is 0.395. The van der Waals surface area contributed by atoms with Crippen LogP contribution in [-0.4, -0.2) is 35.2 Å². The summed E-state index contributed by atoms with van der Waals surface area (Å²) in [6.07, 6.45) is 0. The fourth-order valence-corrected chi connectivity index (χ4v) is 1.98. The molecule has 1 heterocycles. The fraction of sp³-hybridized carbons (Fsp3) is 0.250. The second-order valence-electron chi connectivity index (χ2n) is 3.48. The van der Waals surface area contributed by atoms with E-state index in [0.29, 0.717) is 28.2 Å². The topological polar surface area (TPSA) is 83.8 Å². The number of hydrogen-bond acceptors (Lipinski definition) is 6. The van der Waals surface area contributed by atoms with Gasteiger partial charge in [0.25, 0.3) is 0 Å². The van der Waals surface area contributed by atoms with Crippen LogP contribution in [0.3, 0.4) is 0 Å². The van der Waals surface area contributed by atoms with E-state index in [1.54, 1.807) is 20.3 Å². The molecule has 0 spiro atoms. The molecule has 0 bridgehead atoms. The van der Waals surface area contributed by atoms with Crippen molar-refractivity contribution in [2.24, 2.45) is 0 Å². The Kier molecular flexibility index (Phi) is 4.26. The first-order valence-electron chi connectivity index (χ1n) is 5.43. The van der Waals surface area contributed by atoms with E-state index < -0.39 is 0 Å². The van der Waals surface area contributed by atoms with Gasteiger partial charge in [-0.05, 0) is 12.1 Å². The summed E-state index contributed by atoms with van der Waals surface area (Å²) in [4.78, 5) is 4.31. The van der Waals surface area contributed by atoms with Gasteiger partial charge in [-0.1, -0.05) is 11.8 Å². The monoisotopic (exact) mass is 276 g/mol. The van der Waals surface area contributed by atoms with E-state index in [9.17, 15) is 0 Å². The third kappa shape index (κ3) is 2.98. The SMILES string of the molecule is COc1ccc(-c2nc(SCC#N)n[nH]2)c(OC)c1. The van der Waals surface area contributed by atoms with Crippen LogP contribution in [0.5, 0.6) is 11.5 Å². The Morgan fingerprint density at radius 1 is 1.37 bits per heavy atom. The third-order valence-electron chi connectivity index (χ3n) is 2.39. The smallest absolute Gasteiger partial charge is 0.209 e. The average Bonchev–Trinajstić information content (AvgIpc) is 2.92. The number of H-pyrrole nitrogens is 1. The summed E-state index contributed by atoms with van der Waals surface area (Å²) in [5, 5.41) is 15.9. The molecule has 1 aromatic carbocycles. The summed E-state index contributed by atoms with van der Waals surface area (Å²) in [6.45, 7) is 0. The minimum Gasteiger partial charge on any atom is -0.497 e. The lowest BCUT2D eigenvalue weighted by Gasteiger charge is -2.07. The van der Waals surface area contributed by atoms with Crippen LogP contribution < -0.4 is 9.47 Å². The Bertz CT molecular complexity index is 606. The second-order valence-corrected chi connectivity index (χ2v) is 4.42. The summed E-state index contributed by atoms with van der Waals surface area (Å²) in [6, 6.07) is 7.47. The standard InChI is InChI=1S/C12H12N4O2S/c1-17-8-3-4-9(10(7-8)18-2)11-14-12(16-15-11)19-6-5-13/h3-4,7H,6H2,1-2H3,(H,14,15,16). The lowest BCUT2D eigenvalue weighted by atomic mass is 10.2. The van der Waals surface area contributed by atoms with Crippen LogP contribution in [0.15, 0.2) is 23.4 Å². The summed E-state index contributed by atoms with van der Waals surface area (Å²) in [7, 11) is 3.18. The predicted molar refractivity (Wildman–Crippen MR) is 71.3 cm³/mol. The van der Waals surface area contributed by atoms with Crippen molar-refractivity contribution in [3.63, 3.8) is 0 Å². The van der Waals surface area contributed by atoms with Crippen molar-refractivity contribution >= 4 is 11.8 Å². The highest BCUT2D eigenvalue weighted by atomic mass is 32.2. The maximum atomic E-state index is 8.52. The molecule has 0 aliphatic carbocycles. The van der Waals surface area contributed by atoms with Crippen molar-refractivity contribution in [1.29, 1.82) is 5.26 Å². The van der Waals surface area contributed by atoms with Gasteiger partial charge in [0.1, 0.15) is 11.5 Å². The average molecular weight is 276 g/mol. The van der Waals surface area contributed by atoms with Crippen LogP contribution in [0.2, 0.25) is 0 Å². The number of benzene rings is 1. The number of ether oxygens (including phenoxy) is 2. The number of aromatic amines is 1. The largest absolute Gasteiger partial charge is 0.497 e. The Morgan fingerprint density at radius 2 is 2.21 bits per heavy atom. The van der Waals surface area contributed by atoms with Crippen LogP contribution in [0.25, 0.3) is 11.4 Å². The van der Waals surface area contributed by atoms with Crippen molar-refractivity contribution < 1.29 is 9.47 Å². The number of hydrogen-bond donors (Lipinski definition) is 1. The molecule has 0 aliphatic heterocycles. The fourth-order valence-electron chi connectivity index (χ4n) is 1.52. The normalized spacial score (nSPS) is 9.95. The molecule has 6 nitrogen and oxygen atoms in total. The molecule has 98 valence electrons.